The average Bonchev–Trinajstić information content (AvgIpc) is 3.36. The van der Waals surface area contributed by atoms with Crippen LogP contribution in [-0.2, 0) is 11.0 Å². The topological polar surface area (TPSA) is 125 Å². The minimum absolute atomic E-state index is 0.00950. The zero-order valence-electron chi connectivity index (χ0n) is 16.2. The van der Waals surface area contributed by atoms with Gasteiger partial charge in [0.25, 0.3) is 5.91 Å². The molecular weight excluding hydrogens is 429 g/mol. The van der Waals surface area contributed by atoms with Crippen LogP contribution in [0.3, 0.4) is 0 Å². The van der Waals surface area contributed by atoms with Gasteiger partial charge in [-0.05, 0) is 25.0 Å². The minimum atomic E-state index is -4.60. The number of urea groups is 1. The molecule has 0 bridgehead atoms. The van der Waals surface area contributed by atoms with Gasteiger partial charge < -0.3 is 16.0 Å². The Balaban J connectivity index is 1.59. The van der Waals surface area contributed by atoms with Gasteiger partial charge in [-0.25, -0.2) is 9.78 Å². The molecule has 1 aliphatic heterocycles. The maximum atomic E-state index is 13.4. The maximum absolute atomic E-state index is 13.4. The number of alkyl halides is 3. The molecule has 5 rings (SSSR count). The molecule has 4 N–H and O–H groups in total. The number of carbonyl (C=O) groups excluding carboxylic acids is 2. The number of amides is 3. The Labute approximate surface area is 177 Å². The van der Waals surface area contributed by atoms with Crippen LogP contribution in [0.25, 0.3) is 11.7 Å². The van der Waals surface area contributed by atoms with Crippen molar-refractivity contribution in [2.75, 3.05) is 10.6 Å². The second-order valence-electron chi connectivity index (χ2n) is 7.29. The largest absolute Gasteiger partial charge is 0.419 e. The van der Waals surface area contributed by atoms with Gasteiger partial charge in [0.2, 0.25) is 0 Å². The predicted octanol–water partition coefficient (Wildman–Crippen LogP) is 2.64. The molecule has 13 heteroatoms. The molecule has 2 fully saturated rings. The second-order valence-corrected chi connectivity index (χ2v) is 7.29. The van der Waals surface area contributed by atoms with E-state index in [1.807, 2.05) is 0 Å². The molecule has 0 aromatic carbocycles. The van der Waals surface area contributed by atoms with E-state index in [1.54, 1.807) is 6.07 Å². The molecule has 3 amide bonds. The van der Waals surface area contributed by atoms with Crippen molar-refractivity contribution in [3.63, 3.8) is 0 Å². The summed E-state index contributed by atoms with van der Waals surface area (Å²) in [6.07, 6.45) is 2.14. The van der Waals surface area contributed by atoms with Crippen molar-refractivity contribution >= 4 is 41.0 Å². The highest BCUT2D eigenvalue weighted by Gasteiger charge is 2.34. The number of halogens is 3. The molecule has 0 unspecified atom stereocenters. The van der Waals surface area contributed by atoms with Crippen LogP contribution in [-0.4, -0.2) is 37.6 Å². The number of nitrogens with one attached hydrogen (secondary N) is 4. The van der Waals surface area contributed by atoms with Gasteiger partial charge in [0, 0.05) is 30.1 Å². The first-order valence-corrected chi connectivity index (χ1v) is 9.55. The fourth-order valence-electron chi connectivity index (χ4n) is 3.19. The Morgan fingerprint density at radius 1 is 1.19 bits per heavy atom. The van der Waals surface area contributed by atoms with Crippen LogP contribution in [0.15, 0.2) is 36.4 Å². The molecule has 32 heavy (non-hydrogen) atoms. The first-order chi connectivity index (χ1) is 15.3. The first-order valence-electron chi connectivity index (χ1n) is 9.55. The lowest BCUT2D eigenvalue weighted by atomic mass is 10.2. The summed E-state index contributed by atoms with van der Waals surface area (Å²) in [5.41, 5.74) is -0.453. The fraction of sp³-hybridized carbons (Fsp3) is 0.211. The highest BCUT2D eigenvalue weighted by Crippen LogP contribution is 2.36. The van der Waals surface area contributed by atoms with Crippen molar-refractivity contribution in [3.05, 3.63) is 47.5 Å². The van der Waals surface area contributed by atoms with Crippen molar-refractivity contribution in [1.29, 1.82) is 0 Å². The molecule has 3 aromatic rings. The highest BCUT2D eigenvalue weighted by molar-refractivity contribution is 6.14. The van der Waals surface area contributed by atoms with Crippen LogP contribution in [0.4, 0.5) is 35.3 Å². The van der Waals surface area contributed by atoms with E-state index in [-0.39, 0.29) is 28.9 Å². The van der Waals surface area contributed by atoms with Gasteiger partial charge in [-0.15, -0.1) is 0 Å². The molecule has 2 aliphatic rings. The van der Waals surface area contributed by atoms with Gasteiger partial charge in [-0.1, -0.05) is 0 Å². The number of pyridine rings is 1. The summed E-state index contributed by atoms with van der Waals surface area (Å²) in [6, 6.07) is 2.34. The lowest BCUT2D eigenvalue weighted by Gasteiger charge is -2.15. The number of nitrogens with zero attached hydrogens (tertiary/aromatic N) is 4. The number of hydrogen-bond donors (Lipinski definition) is 4. The monoisotopic (exact) mass is 444 g/mol. The zero-order chi connectivity index (χ0) is 22.5. The number of anilines is 3. The van der Waals surface area contributed by atoms with Gasteiger partial charge in [0.15, 0.2) is 5.65 Å². The number of imide groups is 1. The Bertz CT molecular complexity index is 1280. The van der Waals surface area contributed by atoms with Crippen molar-refractivity contribution in [2.45, 2.75) is 25.1 Å². The van der Waals surface area contributed by atoms with E-state index in [4.69, 9.17) is 0 Å². The van der Waals surface area contributed by atoms with Crippen molar-refractivity contribution in [2.24, 2.45) is 0 Å². The third-order valence-electron chi connectivity index (χ3n) is 4.84. The van der Waals surface area contributed by atoms with E-state index in [0.29, 0.717) is 11.4 Å². The number of carbonyl (C=O) groups is 2. The summed E-state index contributed by atoms with van der Waals surface area (Å²) in [7, 11) is 0. The van der Waals surface area contributed by atoms with Crippen LogP contribution in [0.2, 0.25) is 0 Å². The second kappa shape index (κ2) is 7.21. The van der Waals surface area contributed by atoms with Crippen LogP contribution < -0.4 is 21.3 Å². The molecule has 1 saturated heterocycles. The fourth-order valence-corrected chi connectivity index (χ4v) is 3.19. The quantitative estimate of drug-likeness (QED) is 0.352. The number of fused-ring (bicyclic) bond motifs is 1. The lowest BCUT2D eigenvalue weighted by molar-refractivity contribution is -0.137. The number of rotatable bonds is 5. The average molecular weight is 444 g/mol. The molecule has 1 aliphatic carbocycles. The molecule has 164 valence electrons. The van der Waals surface area contributed by atoms with Gasteiger partial charge in [0.1, 0.15) is 17.3 Å². The molecular formula is C19H15F3N8O2. The molecule has 0 atom stereocenters. The standard InChI is InChI=1S/C19H15F3N8O2/c20-19(21,22)11-8-23-4-3-12(11)26-14-6-15(25-10-1-2-10)30-16(28-14)9(7-24-30)5-13-17(31)29-18(32)27-13/h3-8,10,25H,1-2H2,(H,23,26,28)(H2,27,29,31,32)/b13-5+. The molecule has 3 aromatic heterocycles. The molecule has 0 spiro atoms. The van der Waals surface area contributed by atoms with E-state index in [2.05, 4.69) is 36.3 Å². The Kier molecular flexibility index (Phi) is 4.46. The van der Waals surface area contributed by atoms with E-state index >= 15 is 0 Å². The normalized spacial score (nSPS) is 17.5. The van der Waals surface area contributed by atoms with E-state index in [9.17, 15) is 22.8 Å². The highest BCUT2D eigenvalue weighted by atomic mass is 19.4. The number of aromatic nitrogens is 4. The van der Waals surface area contributed by atoms with E-state index < -0.39 is 23.7 Å². The lowest BCUT2D eigenvalue weighted by Crippen LogP contribution is -2.22. The Morgan fingerprint density at radius 2 is 2.00 bits per heavy atom. The third-order valence-corrected chi connectivity index (χ3v) is 4.84. The van der Waals surface area contributed by atoms with E-state index in [0.717, 1.165) is 19.0 Å². The summed E-state index contributed by atoms with van der Waals surface area (Å²) < 4.78 is 41.6. The van der Waals surface area contributed by atoms with Crippen LogP contribution in [0.5, 0.6) is 0 Å². The molecule has 10 nitrogen and oxygen atoms in total. The summed E-state index contributed by atoms with van der Waals surface area (Å²) in [5, 5.41) is 14.7. The number of hydrogen-bond acceptors (Lipinski definition) is 7. The third kappa shape index (κ3) is 3.79. The van der Waals surface area contributed by atoms with Crippen molar-refractivity contribution < 1.29 is 22.8 Å². The summed E-state index contributed by atoms with van der Waals surface area (Å²) >= 11 is 0. The SMILES string of the molecule is O=C1NC(=O)/C(=C\c2cnn3c(NC4CC4)cc(Nc4ccncc4C(F)(F)F)nc23)N1. The van der Waals surface area contributed by atoms with Gasteiger partial charge in [-0.2, -0.15) is 22.8 Å². The summed E-state index contributed by atoms with van der Waals surface area (Å²) in [4.78, 5) is 31.2. The minimum Gasteiger partial charge on any atom is -0.367 e. The van der Waals surface area contributed by atoms with Crippen molar-refractivity contribution in [3.8, 4) is 0 Å². The first kappa shape index (κ1) is 19.8. The smallest absolute Gasteiger partial charge is 0.367 e. The van der Waals surface area contributed by atoms with Crippen molar-refractivity contribution in [1.82, 2.24) is 30.2 Å². The Morgan fingerprint density at radius 3 is 2.69 bits per heavy atom. The molecule has 0 radical (unpaired) electrons. The van der Waals surface area contributed by atoms with Crippen LogP contribution in [0.1, 0.15) is 24.0 Å². The van der Waals surface area contributed by atoms with Gasteiger partial charge in [0.05, 0.1) is 17.4 Å². The maximum Gasteiger partial charge on any atom is 0.419 e. The van der Waals surface area contributed by atoms with Gasteiger partial charge >= 0.3 is 12.2 Å². The zero-order valence-corrected chi connectivity index (χ0v) is 16.2. The van der Waals surface area contributed by atoms with Crippen LogP contribution in [0, 0.1) is 0 Å². The van der Waals surface area contributed by atoms with Crippen LogP contribution >= 0.6 is 0 Å². The Hall–Kier alpha value is -4.16. The van der Waals surface area contributed by atoms with E-state index in [1.165, 1.54) is 29.1 Å². The van der Waals surface area contributed by atoms with Gasteiger partial charge in [-0.3, -0.25) is 15.1 Å². The predicted molar refractivity (Wildman–Crippen MR) is 107 cm³/mol. The summed E-state index contributed by atoms with van der Waals surface area (Å²) in [6.45, 7) is 0. The molecule has 1 saturated carbocycles. The molecule has 4 heterocycles. The summed E-state index contributed by atoms with van der Waals surface area (Å²) in [5.74, 6) is 0.0520.